The minimum absolute atomic E-state index is 0.0795. The zero-order chi connectivity index (χ0) is 14.9. The number of hydrogen-bond donors (Lipinski definition) is 1. The topological polar surface area (TPSA) is 42.7 Å². The molecule has 2 aromatic rings. The first kappa shape index (κ1) is 15.6. The quantitative estimate of drug-likeness (QED) is 0.787. The third-order valence-electron chi connectivity index (χ3n) is 2.72. The van der Waals surface area contributed by atoms with Crippen LogP contribution in [0.3, 0.4) is 0 Å². The Hall–Kier alpha value is -0.780. The van der Waals surface area contributed by atoms with E-state index in [1.165, 1.54) is 0 Å². The molecule has 4 nitrogen and oxygen atoms in total. The van der Waals surface area contributed by atoms with Crippen LogP contribution in [0.15, 0.2) is 22.8 Å². The average molecular weight is 378 g/mol. The molecular formula is C13H15BrCl2N4. The molecule has 0 saturated carbocycles. The van der Waals surface area contributed by atoms with Crippen LogP contribution < -0.4 is 5.32 Å². The van der Waals surface area contributed by atoms with Gasteiger partial charge in [-0.1, -0.05) is 28.4 Å². The van der Waals surface area contributed by atoms with E-state index in [1.807, 2.05) is 23.0 Å². The van der Waals surface area contributed by atoms with Crippen LogP contribution in [0, 0.1) is 0 Å². The molecule has 0 aliphatic carbocycles. The molecule has 1 aromatic carbocycles. The second-order valence-electron chi connectivity index (χ2n) is 5.40. The summed E-state index contributed by atoms with van der Waals surface area (Å²) in [6.45, 7) is 6.76. The smallest absolute Gasteiger partial charge is 0.102 e. The van der Waals surface area contributed by atoms with Crippen molar-refractivity contribution in [1.29, 1.82) is 0 Å². The van der Waals surface area contributed by atoms with E-state index in [0.29, 0.717) is 16.6 Å². The zero-order valence-corrected chi connectivity index (χ0v) is 14.5. The highest BCUT2D eigenvalue weighted by Crippen LogP contribution is 2.35. The fourth-order valence-electron chi connectivity index (χ4n) is 1.56. The molecule has 1 N–H and O–H groups in total. The van der Waals surface area contributed by atoms with Crippen LogP contribution in [0.2, 0.25) is 10.0 Å². The van der Waals surface area contributed by atoms with Crippen molar-refractivity contribution in [2.24, 2.45) is 0 Å². The molecule has 2 rings (SSSR count). The van der Waals surface area contributed by atoms with Gasteiger partial charge in [0.15, 0.2) is 0 Å². The molecule has 0 radical (unpaired) electrons. The number of anilines is 1. The van der Waals surface area contributed by atoms with Crippen molar-refractivity contribution in [2.75, 3.05) is 5.32 Å². The molecule has 0 spiro atoms. The number of halogens is 3. The third-order valence-corrected chi connectivity index (χ3v) is 4.49. The van der Waals surface area contributed by atoms with E-state index in [9.17, 15) is 0 Å². The lowest BCUT2D eigenvalue weighted by atomic mass is 10.1. The van der Waals surface area contributed by atoms with Crippen LogP contribution in [0.4, 0.5) is 5.69 Å². The molecule has 0 amide bonds. The maximum Gasteiger partial charge on any atom is 0.102 e. The lowest BCUT2D eigenvalue weighted by Crippen LogP contribution is -2.22. The van der Waals surface area contributed by atoms with Gasteiger partial charge in [-0.15, -0.1) is 5.10 Å². The molecule has 0 atom stereocenters. The molecule has 0 saturated heterocycles. The SMILES string of the molecule is CC(C)(C)n1cc(CNc2ccc(Br)c(Cl)c2Cl)nn1. The Labute approximate surface area is 136 Å². The van der Waals surface area contributed by atoms with Crippen LogP contribution >= 0.6 is 39.1 Å². The first-order valence-electron chi connectivity index (χ1n) is 6.08. The first-order chi connectivity index (χ1) is 9.29. The van der Waals surface area contributed by atoms with E-state index in [1.54, 1.807) is 0 Å². The van der Waals surface area contributed by atoms with Crippen molar-refractivity contribution < 1.29 is 0 Å². The lowest BCUT2D eigenvalue weighted by Gasteiger charge is -2.17. The molecule has 0 fully saturated rings. The Morgan fingerprint density at radius 2 is 1.95 bits per heavy atom. The number of rotatable bonds is 3. The highest BCUT2D eigenvalue weighted by Gasteiger charge is 2.15. The van der Waals surface area contributed by atoms with Gasteiger partial charge in [-0.2, -0.15) is 0 Å². The standard InChI is InChI=1S/C13H15BrCl2N4/c1-13(2,3)20-7-8(18-19-20)6-17-10-5-4-9(14)11(15)12(10)16/h4-5,7,17H,6H2,1-3H3. The Balaban J connectivity index is 2.10. The second-order valence-corrected chi connectivity index (χ2v) is 7.01. The summed E-state index contributed by atoms with van der Waals surface area (Å²) in [5, 5.41) is 12.4. The summed E-state index contributed by atoms with van der Waals surface area (Å²) in [7, 11) is 0. The zero-order valence-electron chi connectivity index (χ0n) is 11.4. The summed E-state index contributed by atoms with van der Waals surface area (Å²) in [6, 6.07) is 3.72. The molecule has 7 heteroatoms. The fourth-order valence-corrected chi connectivity index (χ4v) is 2.40. The van der Waals surface area contributed by atoms with E-state index in [2.05, 4.69) is 52.3 Å². The van der Waals surface area contributed by atoms with Crippen LogP contribution in [0.1, 0.15) is 26.5 Å². The lowest BCUT2D eigenvalue weighted by molar-refractivity contribution is 0.347. The Kier molecular flexibility index (Phi) is 4.62. The van der Waals surface area contributed by atoms with Gasteiger partial charge in [0.25, 0.3) is 0 Å². The summed E-state index contributed by atoms with van der Waals surface area (Å²) < 4.78 is 2.61. The van der Waals surface area contributed by atoms with Crippen LogP contribution in [0.5, 0.6) is 0 Å². The van der Waals surface area contributed by atoms with Gasteiger partial charge < -0.3 is 5.32 Å². The Morgan fingerprint density at radius 1 is 1.25 bits per heavy atom. The molecule has 0 aliphatic heterocycles. The molecule has 1 aromatic heterocycles. The van der Waals surface area contributed by atoms with Crippen molar-refractivity contribution in [1.82, 2.24) is 15.0 Å². The van der Waals surface area contributed by atoms with Gasteiger partial charge in [-0.05, 0) is 48.8 Å². The summed E-state index contributed by atoms with van der Waals surface area (Å²) in [5.41, 5.74) is 1.53. The number of hydrogen-bond acceptors (Lipinski definition) is 3. The number of benzene rings is 1. The number of aromatic nitrogens is 3. The molecule has 0 unspecified atom stereocenters. The van der Waals surface area contributed by atoms with E-state index >= 15 is 0 Å². The van der Waals surface area contributed by atoms with E-state index in [-0.39, 0.29) is 5.54 Å². The maximum atomic E-state index is 6.18. The molecule has 0 bridgehead atoms. The minimum Gasteiger partial charge on any atom is -0.378 e. The highest BCUT2D eigenvalue weighted by atomic mass is 79.9. The minimum atomic E-state index is -0.0795. The normalized spacial score (nSPS) is 11.7. The van der Waals surface area contributed by atoms with E-state index < -0.39 is 0 Å². The maximum absolute atomic E-state index is 6.18. The third kappa shape index (κ3) is 3.45. The monoisotopic (exact) mass is 376 g/mol. The summed E-state index contributed by atoms with van der Waals surface area (Å²) in [5.74, 6) is 0. The molecule has 108 valence electrons. The summed E-state index contributed by atoms with van der Waals surface area (Å²) in [4.78, 5) is 0. The van der Waals surface area contributed by atoms with Crippen molar-refractivity contribution >= 4 is 44.8 Å². The van der Waals surface area contributed by atoms with E-state index in [0.717, 1.165) is 15.9 Å². The van der Waals surface area contributed by atoms with Crippen molar-refractivity contribution in [3.8, 4) is 0 Å². The van der Waals surface area contributed by atoms with Gasteiger partial charge >= 0.3 is 0 Å². The number of nitrogens with zero attached hydrogens (tertiary/aromatic N) is 3. The summed E-state index contributed by atoms with van der Waals surface area (Å²) >= 11 is 15.6. The summed E-state index contributed by atoms with van der Waals surface area (Å²) in [6.07, 6.45) is 1.92. The van der Waals surface area contributed by atoms with Gasteiger partial charge in [0.1, 0.15) is 5.69 Å². The Bertz CT molecular complexity index is 619. The van der Waals surface area contributed by atoms with Crippen molar-refractivity contribution in [3.05, 3.63) is 38.5 Å². The average Bonchev–Trinajstić information content (AvgIpc) is 2.84. The van der Waals surface area contributed by atoms with Gasteiger partial charge in [-0.25, -0.2) is 4.68 Å². The molecular weight excluding hydrogens is 363 g/mol. The van der Waals surface area contributed by atoms with Crippen molar-refractivity contribution in [2.45, 2.75) is 32.9 Å². The molecule has 1 heterocycles. The largest absolute Gasteiger partial charge is 0.378 e. The molecule has 20 heavy (non-hydrogen) atoms. The second kappa shape index (κ2) is 5.92. The number of nitrogens with one attached hydrogen (secondary N) is 1. The van der Waals surface area contributed by atoms with Gasteiger partial charge in [0, 0.05) is 4.47 Å². The van der Waals surface area contributed by atoms with Crippen LogP contribution in [0.25, 0.3) is 0 Å². The highest BCUT2D eigenvalue weighted by molar-refractivity contribution is 9.10. The fraction of sp³-hybridized carbons (Fsp3) is 0.385. The predicted molar refractivity (Wildman–Crippen MR) is 86.5 cm³/mol. The Morgan fingerprint density at radius 3 is 2.55 bits per heavy atom. The van der Waals surface area contributed by atoms with E-state index in [4.69, 9.17) is 23.2 Å². The van der Waals surface area contributed by atoms with Gasteiger partial charge in [-0.3, -0.25) is 0 Å². The van der Waals surface area contributed by atoms with Gasteiger partial charge in [0.2, 0.25) is 0 Å². The van der Waals surface area contributed by atoms with Gasteiger partial charge in [0.05, 0.1) is 34.0 Å². The first-order valence-corrected chi connectivity index (χ1v) is 7.63. The van der Waals surface area contributed by atoms with Crippen LogP contribution in [-0.4, -0.2) is 15.0 Å². The van der Waals surface area contributed by atoms with Crippen molar-refractivity contribution in [3.63, 3.8) is 0 Å². The predicted octanol–water partition coefficient (Wildman–Crippen LogP) is 4.71. The molecule has 0 aliphatic rings. The van der Waals surface area contributed by atoms with Crippen LogP contribution in [-0.2, 0) is 12.1 Å².